The number of esters is 1. The third-order valence-electron chi connectivity index (χ3n) is 2.82. The van der Waals surface area contributed by atoms with Crippen molar-refractivity contribution in [3.8, 4) is 0 Å². The van der Waals surface area contributed by atoms with Gasteiger partial charge in [0.1, 0.15) is 5.56 Å². The predicted octanol–water partition coefficient (Wildman–Crippen LogP) is 2.22. The Morgan fingerprint density at radius 2 is 2.21 bits per heavy atom. The fourth-order valence-electron chi connectivity index (χ4n) is 1.89. The quantitative estimate of drug-likeness (QED) is 0.859. The highest BCUT2D eigenvalue weighted by atomic mass is 18.2. The zero-order valence-electron chi connectivity index (χ0n) is 10.5. The van der Waals surface area contributed by atoms with Gasteiger partial charge >= 0.3 is 5.97 Å². The molecule has 1 heterocycles. The number of ether oxygens (including phenoxy) is 1. The number of carbonyl (C=O) groups is 1. The smallest absolute Gasteiger partial charge is 0.343 e. The van der Waals surface area contributed by atoms with E-state index in [-0.39, 0.29) is 18.6 Å². The van der Waals surface area contributed by atoms with E-state index in [1.165, 1.54) is 6.20 Å². The first-order chi connectivity index (χ1) is 9.17. The lowest BCUT2D eigenvalue weighted by atomic mass is 10.1. The molecule has 0 aliphatic heterocycles. The molecular formula is C14H14FNO3. The van der Waals surface area contributed by atoms with Crippen LogP contribution in [0.2, 0.25) is 0 Å². The second-order valence-corrected chi connectivity index (χ2v) is 4.07. The summed E-state index contributed by atoms with van der Waals surface area (Å²) in [6.45, 7) is 1.39. The van der Waals surface area contributed by atoms with Gasteiger partial charge in [0.05, 0.1) is 13.3 Å². The summed E-state index contributed by atoms with van der Waals surface area (Å²) in [7, 11) is 0. The minimum atomic E-state index is -0.651. The van der Waals surface area contributed by atoms with Crippen molar-refractivity contribution in [2.75, 3.05) is 13.3 Å². The van der Waals surface area contributed by atoms with Crippen LogP contribution in [0.25, 0.3) is 10.9 Å². The number of carbonyl (C=O) groups excluding carboxylic acids is 1. The van der Waals surface area contributed by atoms with Crippen molar-refractivity contribution >= 4 is 16.9 Å². The van der Waals surface area contributed by atoms with Crippen molar-refractivity contribution in [1.29, 1.82) is 0 Å². The van der Waals surface area contributed by atoms with Gasteiger partial charge in [0.15, 0.2) is 0 Å². The van der Waals surface area contributed by atoms with Crippen LogP contribution in [-0.2, 0) is 11.2 Å². The molecule has 2 rings (SSSR count). The van der Waals surface area contributed by atoms with Crippen LogP contribution in [0.4, 0.5) is 4.39 Å². The molecule has 0 radical (unpaired) electrons. The van der Waals surface area contributed by atoms with Gasteiger partial charge in [-0.3, -0.25) is 9.18 Å². The summed E-state index contributed by atoms with van der Waals surface area (Å²) in [6.07, 6.45) is 1.59. The van der Waals surface area contributed by atoms with Crippen molar-refractivity contribution in [1.82, 2.24) is 4.98 Å². The molecule has 100 valence electrons. The highest BCUT2D eigenvalue weighted by Crippen LogP contribution is 2.12. The van der Waals surface area contributed by atoms with Gasteiger partial charge in [0.25, 0.3) is 0 Å². The molecule has 19 heavy (non-hydrogen) atoms. The monoisotopic (exact) mass is 262 g/mol. The highest BCUT2D eigenvalue weighted by molar-refractivity contribution is 5.93. The van der Waals surface area contributed by atoms with Crippen LogP contribution < -0.4 is 5.43 Å². The SMILES string of the molecule is CCOC(=O)c1c[nH]c2ccc(CC[18F])cc2c1=O. The van der Waals surface area contributed by atoms with E-state index < -0.39 is 18.1 Å². The molecule has 0 fully saturated rings. The number of alkyl halides is 1. The number of aryl methyl sites for hydroxylation is 1. The molecule has 0 atom stereocenters. The minimum Gasteiger partial charge on any atom is -0.462 e. The summed E-state index contributed by atoms with van der Waals surface area (Å²) in [5.74, 6) is -0.651. The fourth-order valence-corrected chi connectivity index (χ4v) is 1.89. The number of benzene rings is 1. The molecule has 1 N–H and O–H groups in total. The lowest BCUT2D eigenvalue weighted by Gasteiger charge is -2.05. The summed E-state index contributed by atoms with van der Waals surface area (Å²) >= 11 is 0. The van der Waals surface area contributed by atoms with E-state index >= 15 is 0 Å². The minimum absolute atomic E-state index is 0.0354. The molecule has 1 aromatic heterocycles. The van der Waals surface area contributed by atoms with Gasteiger partial charge in [-0.05, 0) is 24.6 Å². The standard InChI is InChI=1S/C14H14FNO3/c1-2-19-14(18)11-8-16-12-4-3-9(5-6-15)7-10(12)13(11)17/h3-4,7-8H,2,5-6H2,1H3,(H,16,17)/i15-1. The van der Waals surface area contributed by atoms with Crippen LogP contribution in [0.3, 0.4) is 0 Å². The Balaban J connectivity index is 2.55. The third kappa shape index (κ3) is 2.65. The second-order valence-electron chi connectivity index (χ2n) is 4.07. The van der Waals surface area contributed by atoms with E-state index in [0.717, 1.165) is 5.56 Å². The van der Waals surface area contributed by atoms with E-state index in [0.29, 0.717) is 10.9 Å². The average Bonchev–Trinajstić information content (AvgIpc) is 2.40. The zero-order chi connectivity index (χ0) is 13.8. The maximum atomic E-state index is 12.3. The van der Waals surface area contributed by atoms with E-state index in [4.69, 9.17) is 4.74 Å². The molecule has 4 nitrogen and oxygen atoms in total. The zero-order valence-corrected chi connectivity index (χ0v) is 10.5. The summed E-state index contributed by atoms with van der Waals surface area (Å²) in [4.78, 5) is 26.7. The summed E-state index contributed by atoms with van der Waals surface area (Å²) < 4.78 is 17.1. The Labute approximate surface area is 109 Å². The number of H-pyrrole nitrogens is 1. The maximum Gasteiger partial charge on any atom is 0.343 e. The maximum absolute atomic E-state index is 12.3. The third-order valence-corrected chi connectivity index (χ3v) is 2.82. The van der Waals surface area contributed by atoms with E-state index in [2.05, 4.69) is 4.98 Å². The molecule has 0 saturated heterocycles. The van der Waals surface area contributed by atoms with E-state index in [9.17, 15) is 14.0 Å². The molecule has 0 spiro atoms. The molecule has 0 unspecified atom stereocenters. The van der Waals surface area contributed by atoms with Crippen molar-refractivity contribution < 1.29 is 13.9 Å². The normalized spacial score (nSPS) is 10.6. The molecule has 1 aromatic carbocycles. The molecule has 2 aromatic rings. The predicted molar refractivity (Wildman–Crippen MR) is 70.2 cm³/mol. The van der Waals surface area contributed by atoms with Gasteiger partial charge in [0.2, 0.25) is 5.43 Å². The van der Waals surface area contributed by atoms with Crippen LogP contribution in [0.5, 0.6) is 0 Å². The van der Waals surface area contributed by atoms with Crippen LogP contribution in [0.1, 0.15) is 22.8 Å². The Hall–Kier alpha value is -2.17. The topological polar surface area (TPSA) is 59.2 Å². The second kappa shape index (κ2) is 5.65. The summed E-state index contributed by atoms with van der Waals surface area (Å²) in [5, 5.41) is 0.372. The largest absolute Gasteiger partial charge is 0.462 e. The van der Waals surface area contributed by atoms with Gasteiger partial charge in [-0.15, -0.1) is 0 Å². The van der Waals surface area contributed by atoms with Crippen LogP contribution >= 0.6 is 0 Å². The van der Waals surface area contributed by atoms with Crippen LogP contribution in [0, 0.1) is 0 Å². The van der Waals surface area contributed by atoms with Crippen LogP contribution in [0.15, 0.2) is 29.2 Å². The number of aromatic amines is 1. The van der Waals surface area contributed by atoms with Gasteiger partial charge in [0, 0.05) is 23.5 Å². The Bertz CT molecular complexity index is 663. The van der Waals surface area contributed by atoms with Crippen molar-refractivity contribution in [3.63, 3.8) is 0 Å². The van der Waals surface area contributed by atoms with E-state index in [1.54, 1.807) is 25.1 Å². The number of nitrogens with one attached hydrogen (secondary N) is 1. The number of fused-ring (bicyclic) bond motifs is 1. The van der Waals surface area contributed by atoms with Crippen molar-refractivity contribution in [2.45, 2.75) is 13.3 Å². The number of rotatable bonds is 4. The Morgan fingerprint density at radius 1 is 1.42 bits per heavy atom. The highest BCUT2D eigenvalue weighted by Gasteiger charge is 2.13. The van der Waals surface area contributed by atoms with Crippen molar-refractivity contribution in [2.24, 2.45) is 0 Å². The average molecular weight is 262 g/mol. The Kier molecular flexibility index (Phi) is 3.94. The number of pyridine rings is 1. The lowest BCUT2D eigenvalue weighted by molar-refractivity contribution is 0.0524. The van der Waals surface area contributed by atoms with Gasteiger partial charge in [-0.1, -0.05) is 6.07 Å². The molecule has 5 heteroatoms. The number of halogens is 1. The first kappa shape index (κ1) is 13.3. The molecule has 0 aliphatic carbocycles. The van der Waals surface area contributed by atoms with Crippen LogP contribution in [-0.4, -0.2) is 24.2 Å². The van der Waals surface area contributed by atoms with Crippen molar-refractivity contribution in [3.05, 3.63) is 45.7 Å². The summed E-state index contributed by atoms with van der Waals surface area (Å²) in [5.41, 5.74) is 0.904. The lowest BCUT2D eigenvalue weighted by Crippen LogP contribution is -2.18. The Morgan fingerprint density at radius 3 is 2.89 bits per heavy atom. The fraction of sp³-hybridized carbons (Fsp3) is 0.286. The molecule has 0 bridgehead atoms. The molecule has 0 aliphatic rings. The van der Waals surface area contributed by atoms with Gasteiger partial charge in [-0.25, -0.2) is 4.79 Å². The van der Waals surface area contributed by atoms with Gasteiger partial charge in [-0.2, -0.15) is 0 Å². The summed E-state index contributed by atoms with van der Waals surface area (Å²) in [6, 6.07) is 5.06. The first-order valence-corrected chi connectivity index (χ1v) is 6.04. The number of aromatic nitrogens is 1. The molecular weight excluding hydrogens is 248 g/mol. The van der Waals surface area contributed by atoms with Gasteiger partial charge < -0.3 is 9.72 Å². The molecule has 0 saturated carbocycles. The number of hydrogen-bond donors (Lipinski definition) is 1. The van der Waals surface area contributed by atoms with E-state index in [1.807, 2.05) is 0 Å². The molecule has 0 amide bonds. The number of hydrogen-bond acceptors (Lipinski definition) is 3. The first-order valence-electron chi connectivity index (χ1n) is 6.04.